The number of anilines is 1. The van der Waals surface area contributed by atoms with Crippen molar-refractivity contribution in [3.8, 4) is 0 Å². The van der Waals surface area contributed by atoms with E-state index >= 15 is 0 Å². The molecule has 0 spiro atoms. The van der Waals surface area contributed by atoms with Crippen LogP contribution in [-0.4, -0.2) is 68.9 Å². The fourth-order valence-corrected chi connectivity index (χ4v) is 5.61. The molecule has 0 radical (unpaired) electrons. The summed E-state index contributed by atoms with van der Waals surface area (Å²) in [5.74, 6) is 1.57. The van der Waals surface area contributed by atoms with Gasteiger partial charge in [-0.15, -0.1) is 0 Å². The van der Waals surface area contributed by atoms with Crippen molar-refractivity contribution >= 4 is 40.2 Å². The molecule has 2 aliphatic heterocycles. The number of hydrogen-bond acceptors (Lipinski definition) is 7. The Balaban J connectivity index is 1.44. The first-order valence-electron chi connectivity index (χ1n) is 11.5. The SMILES string of the molecule is CC(C)(C)OC(=O)NC(Cc1ccc(Cl)cc1)C(=O)N1CCN(c2ncnc3c2CS(=O)C3)CC1. The van der Waals surface area contributed by atoms with Crippen LogP contribution in [0.2, 0.25) is 5.02 Å². The summed E-state index contributed by atoms with van der Waals surface area (Å²) in [5.41, 5.74) is 1.99. The number of halogens is 1. The molecule has 2 aliphatic rings. The number of alkyl carbamates (subject to hydrolysis) is 1. The third-order valence-electron chi connectivity index (χ3n) is 5.85. The first kappa shape index (κ1) is 25.4. The minimum Gasteiger partial charge on any atom is -0.444 e. The van der Waals surface area contributed by atoms with Gasteiger partial charge < -0.3 is 19.9 Å². The van der Waals surface area contributed by atoms with Crippen LogP contribution in [0.25, 0.3) is 0 Å². The van der Waals surface area contributed by atoms with Gasteiger partial charge in [0.25, 0.3) is 0 Å². The normalized spacial score (nSPS) is 18.7. The van der Waals surface area contributed by atoms with E-state index < -0.39 is 28.5 Å². The average Bonchev–Trinajstić information content (AvgIpc) is 3.19. The zero-order valence-electron chi connectivity index (χ0n) is 20.1. The van der Waals surface area contributed by atoms with Crippen LogP contribution in [0, 0.1) is 0 Å². The van der Waals surface area contributed by atoms with Crippen molar-refractivity contribution in [2.24, 2.45) is 0 Å². The molecule has 2 unspecified atom stereocenters. The maximum atomic E-state index is 13.5. The first-order chi connectivity index (χ1) is 16.6. The van der Waals surface area contributed by atoms with Gasteiger partial charge in [-0.1, -0.05) is 23.7 Å². The van der Waals surface area contributed by atoms with Gasteiger partial charge in [0.15, 0.2) is 0 Å². The zero-order chi connectivity index (χ0) is 25.2. The van der Waals surface area contributed by atoms with Gasteiger partial charge in [0.1, 0.15) is 23.8 Å². The number of ether oxygens (including phenoxy) is 1. The van der Waals surface area contributed by atoms with E-state index in [9.17, 15) is 13.8 Å². The van der Waals surface area contributed by atoms with Gasteiger partial charge in [0.2, 0.25) is 5.91 Å². The number of rotatable bonds is 5. The number of carbonyl (C=O) groups is 2. The molecular weight excluding hydrogens is 490 g/mol. The maximum absolute atomic E-state index is 13.5. The van der Waals surface area contributed by atoms with E-state index in [0.717, 1.165) is 22.6 Å². The molecule has 1 saturated heterocycles. The van der Waals surface area contributed by atoms with Gasteiger partial charge in [0.05, 0.1) is 17.2 Å². The zero-order valence-corrected chi connectivity index (χ0v) is 21.7. The highest BCUT2D eigenvalue weighted by atomic mass is 35.5. The summed E-state index contributed by atoms with van der Waals surface area (Å²) in [7, 11) is -0.943. The Kier molecular flexibility index (Phi) is 7.61. The van der Waals surface area contributed by atoms with E-state index in [0.29, 0.717) is 49.1 Å². The second-order valence-corrected chi connectivity index (χ2v) is 11.6. The van der Waals surface area contributed by atoms with Crippen molar-refractivity contribution < 1.29 is 18.5 Å². The molecule has 0 aliphatic carbocycles. The molecule has 1 N–H and O–H groups in total. The molecular formula is C24H30ClN5O4S. The van der Waals surface area contributed by atoms with Gasteiger partial charge in [0, 0.05) is 54.0 Å². The molecule has 0 saturated carbocycles. The second-order valence-electron chi connectivity index (χ2n) is 9.69. The van der Waals surface area contributed by atoms with Gasteiger partial charge in [-0.25, -0.2) is 14.8 Å². The van der Waals surface area contributed by atoms with E-state index in [2.05, 4.69) is 20.2 Å². The quantitative estimate of drug-likeness (QED) is 0.647. The van der Waals surface area contributed by atoms with Crippen LogP contribution >= 0.6 is 11.6 Å². The number of piperazine rings is 1. The number of aromatic nitrogens is 2. The highest BCUT2D eigenvalue weighted by Gasteiger charge is 2.32. The Hall–Kier alpha value is -2.72. The van der Waals surface area contributed by atoms with Crippen LogP contribution in [0.3, 0.4) is 0 Å². The molecule has 9 nitrogen and oxygen atoms in total. The second kappa shape index (κ2) is 10.5. The molecule has 0 bridgehead atoms. The summed E-state index contributed by atoms with van der Waals surface area (Å²) in [6.07, 6.45) is 1.20. The number of hydrogen-bond donors (Lipinski definition) is 1. The summed E-state index contributed by atoms with van der Waals surface area (Å²) in [5, 5.41) is 3.37. The molecule has 1 fully saturated rings. The Labute approximate surface area is 212 Å². The molecule has 2 aromatic rings. The van der Waals surface area contributed by atoms with Crippen molar-refractivity contribution in [3.63, 3.8) is 0 Å². The van der Waals surface area contributed by atoms with Crippen LogP contribution in [0.1, 0.15) is 37.6 Å². The maximum Gasteiger partial charge on any atom is 0.408 e. The van der Waals surface area contributed by atoms with Gasteiger partial charge >= 0.3 is 6.09 Å². The Morgan fingerprint density at radius 2 is 1.80 bits per heavy atom. The fraction of sp³-hybridized carbons (Fsp3) is 0.500. The standard InChI is InChI=1S/C24H30ClN5O4S/c1-24(2,3)34-23(32)28-19(12-16-4-6-17(25)7-5-16)22(31)30-10-8-29(9-11-30)21-18-13-35(33)14-20(18)26-15-27-21/h4-7,15,19H,8-14H2,1-3H3,(H,28,32). The van der Waals surface area contributed by atoms with Crippen molar-refractivity contribution in [2.45, 2.75) is 50.3 Å². The summed E-state index contributed by atoms with van der Waals surface area (Å²) in [6, 6.07) is 6.44. The van der Waals surface area contributed by atoms with E-state index in [1.54, 1.807) is 37.8 Å². The molecule has 2 atom stereocenters. The fourth-order valence-electron chi connectivity index (χ4n) is 4.21. The van der Waals surface area contributed by atoms with Gasteiger partial charge in [-0.05, 0) is 38.5 Å². The lowest BCUT2D eigenvalue weighted by molar-refractivity contribution is -0.133. The third-order valence-corrected chi connectivity index (χ3v) is 7.31. The number of benzene rings is 1. The first-order valence-corrected chi connectivity index (χ1v) is 13.4. The summed E-state index contributed by atoms with van der Waals surface area (Å²) in [4.78, 5) is 38.6. The number of carbonyl (C=O) groups excluding carboxylic acids is 2. The average molecular weight is 520 g/mol. The van der Waals surface area contributed by atoms with Crippen LogP contribution in [0.5, 0.6) is 0 Å². The van der Waals surface area contributed by atoms with Crippen molar-refractivity contribution in [1.82, 2.24) is 20.2 Å². The van der Waals surface area contributed by atoms with Crippen LogP contribution in [0.4, 0.5) is 10.6 Å². The summed E-state index contributed by atoms with van der Waals surface area (Å²) in [6.45, 7) is 7.47. The number of amides is 2. The van der Waals surface area contributed by atoms with E-state index in [1.165, 1.54) is 6.33 Å². The highest BCUT2D eigenvalue weighted by molar-refractivity contribution is 7.83. The number of nitrogens with one attached hydrogen (secondary N) is 1. The minimum absolute atomic E-state index is 0.167. The lowest BCUT2D eigenvalue weighted by atomic mass is 10.0. The summed E-state index contributed by atoms with van der Waals surface area (Å²) >= 11 is 6.00. The lowest BCUT2D eigenvalue weighted by Gasteiger charge is -2.37. The highest BCUT2D eigenvalue weighted by Crippen LogP contribution is 2.29. The molecule has 1 aromatic heterocycles. The predicted octanol–water partition coefficient (Wildman–Crippen LogP) is 2.68. The Morgan fingerprint density at radius 1 is 1.11 bits per heavy atom. The van der Waals surface area contributed by atoms with E-state index in [4.69, 9.17) is 16.3 Å². The smallest absolute Gasteiger partial charge is 0.408 e. The number of nitrogens with zero attached hydrogens (tertiary/aromatic N) is 4. The monoisotopic (exact) mass is 519 g/mol. The van der Waals surface area contributed by atoms with Crippen LogP contribution in [0.15, 0.2) is 30.6 Å². The van der Waals surface area contributed by atoms with E-state index in [1.807, 2.05) is 12.1 Å². The molecule has 188 valence electrons. The van der Waals surface area contributed by atoms with Crippen molar-refractivity contribution in [1.29, 1.82) is 0 Å². The largest absolute Gasteiger partial charge is 0.444 e. The Bertz CT molecular complexity index is 1110. The van der Waals surface area contributed by atoms with Crippen molar-refractivity contribution in [3.05, 3.63) is 52.4 Å². The van der Waals surface area contributed by atoms with Crippen LogP contribution < -0.4 is 10.2 Å². The Morgan fingerprint density at radius 3 is 2.46 bits per heavy atom. The third kappa shape index (κ3) is 6.49. The van der Waals surface area contributed by atoms with E-state index in [-0.39, 0.29) is 5.91 Å². The topological polar surface area (TPSA) is 105 Å². The molecule has 2 amide bonds. The van der Waals surface area contributed by atoms with Crippen molar-refractivity contribution in [2.75, 3.05) is 31.1 Å². The van der Waals surface area contributed by atoms with Gasteiger partial charge in [-0.3, -0.25) is 9.00 Å². The summed E-state index contributed by atoms with van der Waals surface area (Å²) < 4.78 is 17.4. The minimum atomic E-state index is -0.943. The number of fused-ring (bicyclic) bond motifs is 1. The lowest BCUT2D eigenvalue weighted by Crippen LogP contribution is -2.56. The molecule has 1 aromatic carbocycles. The molecule has 4 rings (SSSR count). The molecule has 11 heteroatoms. The molecule has 3 heterocycles. The predicted molar refractivity (Wildman–Crippen MR) is 135 cm³/mol. The van der Waals surface area contributed by atoms with Gasteiger partial charge in [-0.2, -0.15) is 0 Å². The van der Waals surface area contributed by atoms with Crippen LogP contribution in [-0.2, 0) is 38.3 Å². The molecule has 35 heavy (non-hydrogen) atoms.